The Morgan fingerprint density at radius 3 is 0.971 bits per heavy atom. The van der Waals surface area contributed by atoms with E-state index in [1.165, 1.54) is 138 Å². The van der Waals surface area contributed by atoms with Gasteiger partial charge >= 0.3 is 0 Å². The van der Waals surface area contributed by atoms with E-state index in [-0.39, 0.29) is 16.2 Å². The number of fused-ring (bicyclic) bond motifs is 20. The molecule has 139 heavy (non-hydrogen) atoms. The molecule has 0 radical (unpaired) electrons. The summed E-state index contributed by atoms with van der Waals surface area (Å²) < 4.78 is 7.19. The zero-order valence-electron chi connectivity index (χ0n) is 78.0. The highest BCUT2D eigenvalue weighted by Gasteiger charge is 2.41. The van der Waals surface area contributed by atoms with Crippen LogP contribution in [0.15, 0.2) is 437 Å². The average Bonchev–Trinajstić information content (AvgIpc) is 1.54. The van der Waals surface area contributed by atoms with Gasteiger partial charge in [0.1, 0.15) is 0 Å². The van der Waals surface area contributed by atoms with E-state index in [9.17, 15) is 0 Å². The Morgan fingerprint density at radius 2 is 0.511 bits per heavy atom. The molecule has 0 saturated carbocycles. The van der Waals surface area contributed by atoms with Crippen molar-refractivity contribution in [1.82, 2.24) is 53.6 Å². The Labute approximate surface area is 806 Å². The first kappa shape index (κ1) is 83.3. The number of para-hydroxylation sites is 3. The summed E-state index contributed by atoms with van der Waals surface area (Å²) in [6, 6.07) is 154. The molecular formula is C128H93N11. The summed E-state index contributed by atoms with van der Waals surface area (Å²) in [5, 5.41) is 7.66. The first-order valence-electron chi connectivity index (χ1n) is 47.7. The van der Waals surface area contributed by atoms with E-state index < -0.39 is 0 Å². The van der Waals surface area contributed by atoms with E-state index in [2.05, 4.69) is 372 Å². The van der Waals surface area contributed by atoms with Crippen LogP contribution in [0.5, 0.6) is 0 Å². The third kappa shape index (κ3) is 14.1. The predicted octanol–water partition coefficient (Wildman–Crippen LogP) is 31.7. The maximum atomic E-state index is 5.16. The fourth-order valence-corrected chi connectivity index (χ4v) is 22.0. The van der Waals surface area contributed by atoms with Crippen LogP contribution in [0.25, 0.3) is 218 Å². The molecule has 6 aromatic heterocycles. The monoisotopic (exact) mass is 1780 g/mol. The number of rotatable bonds is 12. The van der Waals surface area contributed by atoms with Crippen LogP contribution in [-0.2, 0) is 16.2 Å². The van der Waals surface area contributed by atoms with Crippen LogP contribution in [0.4, 0.5) is 0 Å². The third-order valence-electron chi connectivity index (χ3n) is 28.8. The fraction of sp³-hybridized carbons (Fsp3) is 0.0781. The second-order valence-corrected chi connectivity index (χ2v) is 38.2. The molecule has 0 bridgehead atoms. The molecule has 0 amide bonds. The number of aromatic nitrogens is 11. The van der Waals surface area contributed by atoms with Crippen molar-refractivity contribution < 1.29 is 0 Å². The quantitative estimate of drug-likeness (QED) is 0.119. The summed E-state index contributed by atoms with van der Waals surface area (Å²) >= 11 is 0. The lowest BCUT2D eigenvalue weighted by Crippen LogP contribution is -2.14. The van der Waals surface area contributed by atoms with Gasteiger partial charge in [-0.25, -0.2) is 39.9 Å². The molecule has 3 aliphatic rings. The lowest BCUT2D eigenvalue weighted by Gasteiger charge is -2.21. The van der Waals surface area contributed by atoms with Crippen molar-refractivity contribution >= 4 is 65.4 Å². The molecule has 0 aliphatic heterocycles. The molecule has 3 aliphatic carbocycles. The molecule has 0 N–H and O–H groups in total. The highest BCUT2D eigenvalue weighted by Crippen LogP contribution is 2.57. The SMILES string of the molecule is CC1(C)c2ccccc2-c2c1ccc1c2c2ccccc2n1-c1ccc(-c2nc(-c3ccccc3)nc(-c3ccccc3)n2)cc1.CC1(C)c2ccccc2-c2c1ccc1c2c2ccccc2n1-c1cccc(-c2nc(-c3ccccc3)nc(-c3ccccc3)n2)c1.Cc1cccc(-c2cc(-c3ccccc3)nc(-c3cccc(-n4c5ccccc5c5cc6c(cc54)-c4ccccc4C6(C)C)c3)n2)c1. The van der Waals surface area contributed by atoms with Crippen molar-refractivity contribution in [2.75, 3.05) is 0 Å². The lowest BCUT2D eigenvalue weighted by molar-refractivity contribution is 0.660. The van der Waals surface area contributed by atoms with Crippen LogP contribution in [0.1, 0.15) is 80.5 Å². The smallest absolute Gasteiger partial charge is 0.164 e. The molecule has 0 atom stereocenters. The Hall–Kier alpha value is -17.5. The zero-order valence-corrected chi connectivity index (χ0v) is 78.0. The largest absolute Gasteiger partial charge is 0.309 e. The maximum Gasteiger partial charge on any atom is 0.164 e. The van der Waals surface area contributed by atoms with Crippen molar-refractivity contribution in [3.63, 3.8) is 0 Å². The normalized spacial score (nSPS) is 13.2. The summed E-state index contributed by atoms with van der Waals surface area (Å²) in [5.74, 6) is 4.64. The molecule has 660 valence electrons. The summed E-state index contributed by atoms with van der Waals surface area (Å²) in [5.41, 5.74) is 38.5. The highest BCUT2D eigenvalue weighted by molar-refractivity contribution is 6.20. The number of hydrogen-bond donors (Lipinski definition) is 0. The van der Waals surface area contributed by atoms with E-state index in [0.29, 0.717) is 40.8 Å². The lowest BCUT2D eigenvalue weighted by atomic mass is 9.82. The summed E-state index contributed by atoms with van der Waals surface area (Å²) in [7, 11) is 0. The van der Waals surface area contributed by atoms with Gasteiger partial charge in [-0.15, -0.1) is 0 Å². The van der Waals surface area contributed by atoms with Gasteiger partial charge in [0.2, 0.25) is 0 Å². The molecule has 24 aromatic rings. The standard InChI is InChI=1S/C44H33N3.2C42H30N4/c1-28-13-11-16-30(23-28)40-27-39(29-14-5-4-6-15-29)45-43(46-40)31-17-12-18-32(24-31)47-41-22-10-8-20-34(41)36-25-38-35(26-42(36)47)33-19-7-9-21-37(33)44(38,2)3;1-42(2)33-22-11-9-20-31(33)37-34(42)24-25-36-38(37)32-21-10-12-23-35(32)46(36)30-19-13-18-29(26-30)41-44-39(27-14-5-3-6-15-27)43-40(45-41)28-16-7-4-8-17-28;1-42(2)33-19-11-9-17-31(33)37-34(42)25-26-36-38(37)32-18-10-12-20-35(32)46(36)30-23-21-29(22-24-30)41-44-39(27-13-5-3-6-14-27)43-40(45-41)28-15-7-4-8-16-28/h4-27H,1-3H3;2*3-26H,1-2H3. The molecule has 18 aromatic carbocycles. The number of nitrogens with zero attached hydrogens (tertiary/aromatic N) is 11. The van der Waals surface area contributed by atoms with E-state index in [1.807, 2.05) is 127 Å². The minimum absolute atomic E-state index is 0.0489. The number of aryl methyl sites for hydroxylation is 1. The van der Waals surface area contributed by atoms with Crippen LogP contribution in [-0.4, -0.2) is 53.6 Å². The topological polar surface area (TPSA) is 118 Å². The van der Waals surface area contributed by atoms with Crippen molar-refractivity contribution in [2.45, 2.75) is 64.7 Å². The van der Waals surface area contributed by atoms with Gasteiger partial charge in [-0.2, -0.15) is 0 Å². The predicted molar refractivity (Wildman–Crippen MR) is 571 cm³/mol. The number of benzene rings is 18. The molecule has 11 heteroatoms. The average molecular weight is 1790 g/mol. The second-order valence-electron chi connectivity index (χ2n) is 38.2. The Bertz CT molecular complexity index is 8910. The van der Waals surface area contributed by atoms with Gasteiger partial charge in [0.15, 0.2) is 40.8 Å². The van der Waals surface area contributed by atoms with Gasteiger partial charge in [-0.1, -0.05) is 381 Å². The Kier molecular flexibility index (Phi) is 19.9. The molecule has 0 unspecified atom stereocenters. The summed E-state index contributed by atoms with van der Waals surface area (Å²) in [6.45, 7) is 16.2. The van der Waals surface area contributed by atoms with Gasteiger partial charge in [0.05, 0.1) is 44.5 Å². The zero-order chi connectivity index (χ0) is 93.4. The van der Waals surface area contributed by atoms with E-state index in [4.69, 9.17) is 39.9 Å². The van der Waals surface area contributed by atoms with Crippen LogP contribution in [0, 0.1) is 6.92 Å². The van der Waals surface area contributed by atoms with Crippen LogP contribution in [0.2, 0.25) is 0 Å². The van der Waals surface area contributed by atoms with E-state index >= 15 is 0 Å². The minimum Gasteiger partial charge on any atom is -0.309 e. The first-order valence-corrected chi connectivity index (χ1v) is 47.7. The van der Waals surface area contributed by atoms with Gasteiger partial charge in [0, 0.05) is 116 Å². The fourth-order valence-electron chi connectivity index (χ4n) is 22.0. The second kappa shape index (κ2) is 33.2. The molecule has 0 fully saturated rings. The van der Waals surface area contributed by atoms with Gasteiger partial charge < -0.3 is 13.7 Å². The van der Waals surface area contributed by atoms with Crippen LogP contribution >= 0.6 is 0 Å². The molecule has 27 rings (SSSR count). The third-order valence-corrected chi connectivity index (χ3v) is 28.8. The van der Waals surface area contributed by atoms with E-state index in [0.717, 1.165) is 78.5 Å². The summed E-state index contributed by atoms with van der Waals surface area (Å²) in [6.07, 6.45) is 0. The minimum atomic E-state index is -0.0607. The molecule has 6 heterocycles. The van der Waals surface area contributed by atoms with Gasteiger partial charge in [-0.05, 0) is 177 Å². The van der Waals surface area contributed by atoms with Crippen molar-refractivity contribution in [2.24, 2.45) is 0 Å². The van der Waals surface area contributed by atoms with E-state index in [1.54, 1.807) is 0 Å². The van der Waals surface area contributed by atoms with Crippen molar-refractivity contribution in [3.8, 4) is 153 Å². The van der Waals surface area contributed by atoms with Crippen LogP contribution < -0.4 is 0 Å². The van der Waals surface area contributed by atoms with Crippen LogP contribution in [0.3, 0.4) is 0 Å². The van der Waals surface area contributed by atoms with Crippen molar-refractivity contribution in [1.29, 1.82) is 0 Å². The van der Waals surface area contributed by atoms with Gasteiger partial charge in [-0.3, -0.25) is 0 Å². The Morgan fingerprint density at radius 1 is 0.180 bits per heavy atom. The maximum absolute atomic E-state index is 5.16. The Balaban J connectivity index is 0.000000110. The highest BCUT2D eigenvalue weighted by atomic mass is 15.1. The summed E-state index contributed by atoms with van der Waals surface area (Å²) in [4.78, 5) is 39.9. The molecular weight excluding hydrogens is 1690 g/mol. The molecule has 11 nitrogen and oxygen atoms in total. The van der Waals surface area contributed by atoms with Crippen molar-refractivity contribution in [3.05, 3.63) is 476 Å². The first-order chi connectivity index (χ1) is 68.1. The number of hydrogen-bond acceptors (Lipinski definition) is 8. The molecule has 0 saturated heterocycles. The van der Waals surface area contributed by atoms with Gasteiger partial charge in [0.25, 0.3) is 0 Å². The molecule has 0 spiro atoms.